The van der Waals surface area contributed by atoms with Crippen LogP contribution in [0.1, 0.15) is 47.0 Å². The fraction of sp³-hybridized carbons (Fsp3) is 0.727. The third-order valence-electron chi connectivity index (χ3n) is 2.17. The maximum Gasteiger partial charge on any atom is 0.335 e. The highest BCUT2D eigenvalue weighted by atomic mass is 16.6. The number of hydrogen-bond donors (Lipinski definition) is 1. The van der Waals surface area contributed by atoms with Gasteiger partial charge in [0.05, 0.1) is 0 Å². The molecule has 0 bridgehead atoms. The largest absolute Gasteiger partial charge is 0.444 e. The summed E-state index contributed by atoms with van der Waals surface area (Å²) in [4.78, 5) is 11.6. The first-order valence-corrected chi connectivity index (χ1v) is 5.24. The maximum atomic E-state index is 11.6. The second kappa shape index (κ2) is 6.60. The average molecular weight is 199 g/mol. The predicted octanol–water partition coefficient (Wildman–Crippen LogP) is 2.36. The molecule has 0 aliphatic heterocycles. The van der Waals surface area contributed by atoms with E-state index in [1.807, 2.05) is 20.8 Å². The van der Waals surface area contributed by atoms with Crippen LogP contribution in [0.3, 0.4) is 0 Å². The van der Waals surface area contributed by atoms with Gasteiger partial charge in [-0.1, -0.05) is 26.3 Å². The van der Waals surface area contributed by atoms with Crippen molar-refractivity contribution in [2.75, 3.05) is 0 Å². The Labute approximate surface area is 86.3 Å². The summed E-state index contributed by atoms with van der Waals surface area (Å²) in [5, 5.41) is 0. The molecule has 1 atom stereocenters. The lowest BCUT2D eigenvalue weighted by atomic mass is 10.0. The predicted molar refractivity (Wildman–Crippen MR) is 57.6 cm³/mol. The first kappa shape index (κ1) is 13.2. The SMILES string of the molecule is CCC(CC)=C(CC)C(=O)OC(C)N. The number of carbonyl (C=O) groups is 1. The highest BCUT2D eigenvalue weighted by Gasteiger charge is 2.14. The normalized spacial score (nSPS) is 12.1. The summed E-state index contributed by atoms with van der Waals surface area (Å²) in [6, 6.07) is 0. The molecular formula is C11H21NO2. The number of ether oxygens (including phenoxy) is 1. The van der Waals surface area contributed by atoms with Gasteiger partial charge in [-0.15, -0.1) is 0 Å². The van der Waals surface area contributed by atoms with Crippen molar-refractivity contribution in [3.8, 4) is 0 Å². The summed E-state index contributed by atoms with van der Waals surface area (Å²) in [5.41, 5.74) is 7.35. The van der Waals surface area contributed by atoms with Crippen molar-refractivity contribution in [3.63, 3.8) is 0 Å². The Morgan fingerprint density at radius 3 is 2.00 bits per heavy atom. The lowest BCUT2D eigenvalue weighted by Crippen LogP contribution is -2.24. The van der Waals surface area contributed by atoms with E-state index in [1.54, 1.807) is 6.92 Å². The van der Waals surface area contributed by atoms with Gasteiger partial charge >= 0.3 is 5.97 Å². The van der Waals surface area contributed by atoms with E-state index in [-0.39, 0.29) is 5.97 Å². The monoisotopic (exact) mass is 199 g/mol. The average Bonchev–Trinajstić information content (AvgIpc) is 2.12. The van der Waals surface area contributed by atoms with Crippen molar-refractivity contribution < 1.29 is 9.53 Å². The molecule has 0 saturated heterocycles. The minimum Gasteiger partial charge on any atom is -0.444 e. The Bertz CT molecular complexity index is 213. The van der Waals surface area contributed by atoms with E-state index in [2.05, 4.69) is 0 Å². The molecule has 0 rings (SSSR count). The maximum absolute atomic E-state index is 11.6. The molecule has 3 heteroatoms. The van der Waals surface area contributed by atoms with Gasteiger partial charge in [0.25, 0.3) is 0 Å². The summed E-state index contributed by atoms with van der Waals surface area (Å²) in [6.45, 7) is 7.72. The standard InChI is InChI=1S/C11H21NO2/c1-5-9(6-2)10(7-3)11(13)14-8(4)12/h8H,5-7,12H2,1-4H3. The molecule has 0 aliphatic rings. The summed E-state index contributed by atoms with van der Waals surface area (Å²) < 4.78 is 4.97. The number of rotatable bonds is 5. The molecule has 2 N–H and O–H groups in total. The van der Waals surface area contributed by atoms with Crippen LogP contribution >= 0.6 is 0 Å². The number of hydrogen-bond acceptors (Lipinski definition) is 3. The molecular weight excluding hydrogens is 178 g/mol. The molecule has 0 radical (unpaired) electrons. The zero-order valence-electron chi connectivity index (χ0n) is 9.59. The molecule has 0 amide bonds. The number of nitrogens with two attached hydrogens (primary N) is 1. The van der Waals surface area contributed by atoms with Crippen molar-refractivity contribution in [3.05, 3.63) is 11.1 Å². The van der Waals surface area contributed by atoms with Gasteiger partial charge < -0.3 is 4.74 Å². The molecule has 3 nitrogen and oxygen atoms in total. The molecule has 0 aliphatic carbocycles. The Morgan fingerprint density at radius 2 is 1.71 bits per heavy atom. The van der Waals surface area contributed by atoms with Gasteiger partial charge in [0, 0.05) is 5.57 Å². The highest BCUT2D eigenvalue weighted by molar-refractivity contribution is 5.89. The van der Waals surface area contributed by atoms with Crippen molar-refractivity contribution in [1.82, 2.24) is 0 Å². The van der Waals surface area contributed by atoms with Crippen molar-refractivity contribution in [1.29, 1.82) is 0 Å². The Kier molecular flexibility index (Phi) is 6.21. The van der Waals surface area contributed by atoms with Crippen LogP contribution in [0.5, 0.6) is 0 Å². The first-order chi connectivity index (χ1) is 6.56. The summed E-state index contributed by atoms with van der Waals surface area (Å²) in [5.74, 6) is -0.263. The third-order valence-corrected chi connectivity index (χ3v) is 2.17. The fourth-order valence-corrected chi connectivity index (χ4v) is 1.46. The van der Waals surface area contributed by atoms with Gasteiger partial charge in [0.1, 0.15) is 6.23 Å². The molecule has 0 spiro atoms. The quantitative estimate of drug-likeness (QED) is 0.420. The second-order valence-electron chi connectivity index (χ2n) is 3.25. The minimum atomic E-state index is -0.529. The van der Waals surface area contributed by atoms with Crippen LogP contribution in [-0.4, -0.2) is 12.2 Å². The van der Waals surface area contributed by atoms with Crippen LogP contribution in [0.15, 0.2) is 11.1 Å². The van der Waals surface area contributed by atoms with Crippen molar-refractivity contribution in [2.45, 2.75) is 53.2 Å². The molecule has 82 valence electrons. The molecule has 0 aromatic rings. The van der Waals surface area contributed by atoms with Crippen LogP contribution in [0.25, 0.3) is 0 Å². The highest BCUT2D eigenvalue weighted by Crippen LogP contribution is 2.17. The van der Waals surface area contributed by atoms with Crippen LogP contribution < -0.4 is 5.73 Å². The van der Waals surface area contributed by atoms with E-state index in [0.717, 1.165) is 24.0 Å². The van der Waals surface area contributed by atoms with E-state index in [4.69, 9.17) is 10.5 Å². The fourth-order valence-electron chi connectivity index (χ4n) is 1.46. The zero-order valence-corrected chi connectivity index (χ0v) is 9.59. The van der Waals surface area contributed by atoms with Crippen LogP contribution in [0.4, 0.5) is 0 Å². The van der Waals surface area contributed by atoms with E-state index < -0.39 is 6.23 Å². The molecule has 0 saturated carbocycles. The van der Waals surface area contributed by atoms with Gasteiger partial charge in [0.2, 0.25) is 0 Å². The molecule has 0 aromatic heterocycles. The first-order valence-electron chi connectivity index (χ1n) is 5.24. The van der Waals surface area contributed by atoms with E-state index in [1.165, 1.54) is 0 Å². The van der Waals surface area contributed by atoms with Gasteiger partial charge in [-0.05, 0) is 26.2 Å². The van der Waals surface area contributed by atoms with Crippen LogP contribution in [-0.2, 0) is 9.53 Å². The van der Waals surface area contributed by atoms with Crippen molar-refractivity contribution >= 4 is 5.97 Å². The Balaban J connectivity index is 4.69. The smallest absolute Gasteiger partial charge is 0.335 e. The molecule has 0 aromatic carbocycles. The van der Waals surface area contributed by atoms with Gasteiger partial charge in [-0.2, -0.15) is 0 Å². The van der Waals surface area contributed by atoms with Gasteiger partial charge in [-0.25, -0.2) is 4.79 Å². The number of esters is 1. The number of allylic oxidation sites excluding steroid dienone is 1. The number of carbonyl (C=O) groups excluding carboxylic acids is 1. The van der Waals surface area contributed by atoms with Crippen LogP contribution in [0, 0.1) is 0 Å². The Morgan fingerprint density at radius 1 is 1.21 bits per heavy atom. The summed E-state index contributed by atoms with van der Waals surface area (Å²) >= 11 is 0. The lowest BCUT2D eigenvalue weighted by Gasteiger charge is -2.13. The third kappa shape index (κ3) is 3.92. The second-order valence-corrected chi connectivity index (χ2v) is 3.25. The summed E-state index contributed by atoms with van der Waals surface area (Å²) in [6.07, 6.45) is 1.98. The summed E-state index contributed by atoms with van der Waals surface area (Å²) in [7, 11) is 0. The minimum absolute atomic E-state index is 0.263. The van der Waals surface area contributed by atoms with Gasteiger partial charge in [-0.3, -0.25) is 5.73 Å². The van der Waals surface area contributed by atoms with E-state index >= 15 is 0 Å². The van der Waals surface area contributed by atoms with E-state index in [0.29, 0.717) is 6.42 Å². The molecule has 14 heavy (non-hydrogen) atoms. The zero-order chi connectivity index (χ0) is 11.1. The lowest BCUT2D eigenvalue weighted by molar-refractivity contribution is -0.143. The van der Waals surface area contributed by atoms with Gasteiger partial charge in [0.15, 0.2) is 0 Å². The van der Waals surface area contributed by atoms with Crippen molar-refractivity contribution in [2.24, 2.45) is 5.73 Å². The molecule has 0 fully saturated rings. The molecule has 1 unspecified atom stereocenters. The van der Waals surface area contributed by atoms with E-state index in [9.17, 15) is 4.79 Å². The topological polar surface area (TPSA) is 52.3 Å². The molecule has 0 heterocycles. The van der Waals surface area contributed by atoms with Crippen LogP contribution in [0.2, 0.25) is 0 Å². The Hall–Kier alpha value is -0.830.